The molecule has 0 fully saturated rings. The van der Waals surface area contributed by atoms with Crippen LogP contribution in [0.25, 0.3) is 0 Å². The van der Waals surface area contributed by atoms with E-state index in [1.807, 2.05) is 25.2 Å². The van der Waals surface area contributed by atoms with Gasteiger partial charge in [0.25, 0.3) is 0 Å². The van der Waals surface area contributed by atoms with Gasteiger partial charge in [-0.3, -0.25) is 14.4 Å². The summed E-state index contributed by atoms with van der Waals surface area (Å²) in [5, 5.41) is 14.8. The van der Waals surface area contributed by atoms with Gasteiger partial charge in [-0.15, -0.1) is 0 Å². The van der Waals surface area contributed by atoms with E-state index in [2.05, 4.69) is 22.1 Å². The zero-order valence-electron chi connectivity index (χ0n) is 16.2. The standard InChI is InChI=1S/C23H22FN3O2/c1-26-12-19(27-20(13-26)23(29)21(28)11-25-27)22-15-6-3-2-5-14(15)9-10-16-17(22)7-4-8-18(16)24/h2-8,11,19,22,29H,9-10,12-13H2,1H3. The third-order valence-electron chi connectivity index (χ3n) is 6.22. The molecular weight excluding hydrogens is 369 g/mol. The summed E-state index contributed by atoms with van der Waals surface area (Å²) in [4.78, 5) is 14.1. The van der Waals surface area contributed by atoms with E-state index < -0.39 is 5.43 Å². The lowest BCUT2D eigenvalue weighted by Gasteiger charge is -2.38. The molecule has 2 aliphatic rings. The average molecular weight is 391 g/mol. The smallest absolute Gasteiger partial charge is 0.242 e. The molecular formula is C23H22FN3O2. The number of hydrogen-bond acceptors (Lipinski definition) is 4. The molecule has 0 amide bonds. The minimum atomic E-state index is -0.474. The monoisotopic (exact) mass is 391 g/mol. The third-order valence-corrected chi connectivity index (χ3v) is 6.22. The molecule has 5 rings (SSSR count). The van der Waals surface area contributed by atoms with Crippen molar-refractivity contribution in [2.45, 2.75) is 31.3 Å². The van der Waals surface area contributed by atoms with Gasteiger partial charge in [0.1, 0.15) is 5.82 Å². The molecule has 0 saturated carbocycles. The molecule has 2 unspecified atom stereocenters. The van der Waals surface area contributed by atoms with Gasteiger partial charge in [-0.2, -0.15) is 5.10 Å². The Kier molecular flexibility index (Phi) is 4.24. The first-order chi connectivity index (χ1) is 14.0. The molecule has 0 saturated heterocycles. The largest absolute Gasteiger partial charge is 0.503 e. The topological polar surface area (TPSA) is 58.4 Å². The Balaban J connectivity index is 1.78. The van der Waals surface area contributed by atoms with Crippen molar-refractivity contribution in [3.63, 3.8) is 0 Å². The number of aromatic hydroxyl groups is 1. The number of aromatic nitrogens is 2. The van der Waals surface area contributed by atoms with Crippen LogP contribution in [0.5, 0.6) is 5.75 Å². The molecule has 1 aliphatic carbocycles. The number of aryl methyl sites for hydroxylation is 1. The van der Waals surface area contributed by atoms with Crippen LogP contribution < -0.4 is 5.43 Å². The maximum Gasteiger partial charge on any atom is 0.242 e. The Bertz CT molecular complexity index is 1160. The lowest BCUT2D eigenvalue weighted by atomic mass is 9.81. The number of halogens is 1. The summed E-state index contributed by atoms with van der Waals surface area (Å²) in [5.41, 5.74) is 4.10. The molecule has 148 valence electrons. The van der Waals surface area contributed by atoms with Gasteiger partial charge in [0.2, 0.25) is 5.43 Å². The molecule has 0 radical (unpaired) electrons. The SMILES string of the molecule is CN1Cc2c(O)c(=O)cnn2C(C2c3ccccc3CCc3c(F)cccc32)C1. The number of benzene rings is 2. The van der Waals surface area contributed by atoms with Crippen molar-refractivity contribution in [1.29, 1.82) is 0 Å². The summed E-state index contributed by atoms with van der Waals surface area (Å²) in [5.74, 6) is -0.561. The number of nitrogens with zero attached hydrogens (tertiary/aromatic N) is 3. The van der Waals surface area contributed by atoms with Crippen LogP contribution in [0.2, 0.25) is 0 Å². The Morgan fingerprint density at radius 3 is 2.76 bits per heavy atom. The average Bonchev–Trinajstić information content (AvgIpc) is 2.88. The molecule has 3 aromatic rings. The molecule has 1 aromatic heterocycles. The maximum atomic E-state index is 14.8. The van der Waals surface area contributed by atoms with Crippen LogP contribution in [-0.2, 0) is 19.4 Å². The molecule has 6 heteroatoms. The van der Waals surface area contributed by atoms with E-state index >= 15 is 0 Å². The lowest BCUT2D eigenvalue weighted by molar-refractivity contribution is 0.186. The predicted molar refractivity (Wildman–Crippen MR) is 108 cm³/mol. The summed E-state index contributed by atoms with van der Waals surface area (Å²) < 4.78 is 16.6. The molecule has 5 nitrogen and oxygen atoms in total. The normalized spacial score (nSPS) is 21.0. The van der Waals surface area contributed by atoms with Gasteiger partial charge in [0, 0.05) is 19.0 Å². The van der Waals surface area contributed by atoms with E-state index in [4.69, 9.17) is 0 Å². The Morgan fingerprint density at radius 1 is 1.10 bits per heavy atom. The van der Waals surface area contributed by atoms with E-state index in [9.17, 15) is 14.3 Å². The second-order valence-corrected chi connectivity index (χ2v) is 8.00. The van der Waals surface area contributed by atoms with Crippen molar-refractivity contribution in [1.82, 2.24) is 14.7 Å². The minimum Gasteiger partial charge on any atom is -0.503 e. The van der Waals surface area contributed by atoms with Gasteiger partial charge < -0.3 is 5.11 Å². The van der Waals surface area contributed by atoms with Gasteiger partial charge in [0.15, 0.2) is 5.75 Å². The Hall–Kier alpha value is -2.99. The highest BCUT2D eigenvalue weighted by molar-refractivity contribution is 5.47. The van der Waals surface area contributed by atoms with Crippen LogP contribution in [-0.4, -0.2) is 33.4 Å². The summed E-state index contributed by atoms with van der Waals surface area (Å²) in [7, 11) is 1.96. The number of hydrogen-bond donors (Lipinski definition) is 1. The van der Waals surface area contributed by atoms with E-state index in [1.165, 1.54) is 17.8 Å². The fourth-order valence-electron chi connectivity index (χ4n) is 4.93. The first kappa shape index (κ1) is 18.1. The van der Waals surface area contributed by atoms with E-state index in [0.29, 0.717) is 25.2 Å². The van der Waals surface area contributed by atoms with Crippen LogP contribution in [0.1, 0.15) is 39.9 Å². The summed E-state index contributed by atoms with van der Waals surface area (Å²) >= 11 is 0. The molecule has 0 spiro atoms. The molecule has 2 heterocycles. The number of rotatable bonds is 1. The Morgan fingerprint density at radius 2 is 1.90 bits per heavy atom. The van der Waals surface area contributed by atoms with Crippen LogP contribution >= 0.6 is 0 Å². The Labute approximate surface area is 168 Å². The number of likely N-dealkylation sites (N-methyl/N-ethyl adjacent to an activating group) is 1. The second-order valence-electron chi connectivity index (χ2n) is 8.00. The fourth-order valence-corrected chi connectivity index (χ4v) is 4.93. The zero-order valence-corrected chi connectivity index (χ0v) is 16.2. The van der Waals surface area contributed by atoms with Crippen LogP contribution in [0.3, 0.4) is 0 Å². The van der Waals surface area contributed by atoms with Crippen molar-refractivity contribution in [3.8, 4) is 5.75 Å². The molecule has 1 aliphatic heterocycles. The van der Waals surface area contributed by atoms with Crippen molar-refractivity contribution in [3.05, 3.63) is 92.6 Å². The third kappa shape index (κ3) is 2.86. The van der Waals surface area contributed by atoms with Crippen molar-refractivity contribution < 1.29 is 9.50 Å². The predicted octanol–water partition coefficient (Wildman–Crippen LogP) is 3.01. The van der Waals surface area contributed by atoms with Gasteiger partial charge in [-0.1, -0.05) is 36.4 Å². The summed E-state index contributed by atoms with van der Waals surface area (Å²) in [6.45, 7) is 1.12. The first-order valence-corrected chi connectivity index (χ1v) is 9.88. The molecule has 1 N–H and O–H groups in total. The highest BCUT2D eigenvalue weighted by atomic mass is 19.1. The quantitative estimate of drug-likeness (QED) is 0.693. The van der Waals surface area contributed by atoms with Crippen molar-refractivity contribution >= 4 is 0 Å². The summed E-state index contributed by atoms with van der Waals surface area (Å²) in [6, 6.07) is 13.4. The first-order valence-electron chi connectivity index (χ1n) is 9.88. The molecule has 2 aromatic carbocycles. The lowest BCUT2D eigenvalue weighted by Crippen LogP contribution is -2.40. The fraction of sp³-hybridized carbons (Fsp3) is 0.304. The van der Waals surface area contributed by atoms with Gasteiger partial charge in [-0.05, 0) is 48.2 Å². The molecule has 2 atom stereocenters. The maximum absolute atomic E-state index is 14.8. The molecule has 29 heavy (non-hydrogen) atoms. The van der Waals surface area contributed by atoms with Crippen LogP contribution in [0, 0.1) is 5.82 Å². The second kappa shape index (κ2) is 6.81. The van der Waals surface area contributed by atoms with Crippen molar-refractivity contribution in [2.24, 2.45) is 0 Å². The molecule has 0 bridgehead atoms. The van der Waals surface area contributed by atoms with Gasteiger partial charge in [0.05, 0.1) is 17.9 Å². The minimum absolute atomic E-state index is 0.129. The van der Waals surface area contributed by atoms with E-state index in [0.717, 1.165) is 23.1 Å². The van der Waals surface area contributed by atoms with Crippen molar-refractivity contribution in [2.75, 3.05) is 13.6 Å². The van der Waals surface area contributed by atoms with Crippen LogP contribution in [0.15, 0.2) is 53.5 Å². The summed E-state index contributed by atoms with van der Waals surface area (Å²) in [6.07, 6.45) is 2.60. The number of fused-ring (bicyclic) bond motifs is 3. The zero-order chi connectivity index (χ0) is 20.1. The van der Waals surface area contributed by atoms with Gasteiger partial charge >= 0.3 is 0 Å². The van der Waals surface area contributed by atoms with Gasteiger partial charge in [-0.25, -0.2) is 4.39 Å². The highest BCUT2D eigenvalue weighted by Gasteiger charge is 2.37. The van der Waals surface area contributed by atoms with E-state index in [-0.39, 0.29) is 23.5 Å². The van der Waals surface area contributed by atoms with Crippen LogP contribution in [0.4, 0.5) is 4.39 Å². The van der Waals surface area contributed by atoms with E-state index in [1.54, 1.807) is 10.7 Å². The highest BCUT2D eigenvalue weighted by Crippen LogP contribution is 2.43.